The van der Waals surface area contributed by atoms with Crippen LogP contribution in [0, 0.1) is 0 Å². The van der Waals surface area contributed by atoms with Gasteiger partial charge in [0.2, 0.25) is 5.91 Å². The molecule has 7 heteroatoms. The Labute approximate surface area is 154 Å². The molecule has 2 amide bonds. The first kappa shape index (κ1) is 19.5. The highest BCUT2D eigenvalue weighted by Gasteiger charge is 2.24. The molecule has 1 N–H and O–H groups in total. The highest BCUT2D eigenvalue weighted by atomic mass is 35.5. The van der Waals surface area contributed by atoms with Gasteiger partial charge in [-0.05, 0) is 37.6 Å². The number of halogens is 1. The highest BCUT2D eigenvalue weighted by Crippen LogP contribution is 2.09. The second kappa shape index (κ2) is 10.3. The second-order valence-corrected chi connectivity index (χ2v) is 6.38. The van der Waals surface area contributed by atoms with E-state index in [0.29, 0.717) is 45.8 Å². The predicted octanol–water partition coefficient (Wildman–Crippen LogP) is 2.16. The number of benzene rings is 1. The van der Waals surface area contributed by atoms with Crippen molar-refractivity contribution in [1.29, 1.82) is 0 Å². The maximum absolute atomic E-state index is 12.2. The summed E-state index contributed by atoms with van der Waals surface area (Å²) in [6, 6.07) is 7.79. The summed E-state index contributed by atoms with van der Waals surface area (Å²) in [7, 11) is 0. The second-order valence-electron chi connectivity index (χ2n) is 5.94. The van der Waals surface area contributed by atoms with Crippen LogP contribution in [0.2, 0.25) is 5.02 Å². The van der Waals surface area contributed by atoms with Gasteiger partial charge in [0.25, 0.3) is 0 Å². The number of hydrogen-bond acceptors (Lipinski definition) is 4. The van der Waals surface area contributed by atoms with Crippen molar-refractivity contribution in [2.24, 2.45) is 0 Å². The molecule has 1 saturated heterocycles. The lowest BCUT2D eigenvalue weighted by atomic mass is 10.1. The van der Waals surface area contributed by atoms with Crippen molar-refractivity contribution in [3.63, 3.8) is 0 Å². The number of ether oxygens (including phenoxy) is 1. The van der Waals surface area contributed by atoms with Gasteiger partial charge in [-0.1, -0.05) is 23.7 Å². The Balaban J connectivity index is 1.58. The van der Waals surface area contributed by atoms with Crippen molar-refractivity contribution in [1.82, 2.24) is 15.1 Å². The molecule has 0 atom stereocenters. The van der Waals surface area contributed by atoms with E-state index in [0.717, 1.165) is 18.0 Å². The van der Waals surface area contributed by atoms with Crippen LogP contribution in [0.5, 0.6) is 0 Å². The maximum atomic E-state index is 12.2. The predicted molar refractivity (Wildman–Crippen MR) is 97.8 cm³/mol. The van der Waals surface area contributed by atoms with E-state index in [1.807, 2.05) is 29.2 Å². The van der Waals surface area contributed by atoms with Gasteiger partial charge in [0.05, 0.1) is 6.61 Å². The van der Waals surface area contributed by atoms with E-state index in [9.17, 15) is 9.59 Å². The summed E-state index contributed by atoms with van der Waals surface area (Å²) in [5.41, 5.74) is 1.22. The first-order valence-corrected chi connectivity index (χ1v) is 9.12. The highest BCUT2D eigenvalue weighted by molar-refractivity contribution is 6.30. The molecule has 1 aromatic carbocycles. The quantitative estimate of drug-likeness (QED) is 0.750. The first-order chi connectivity index (χ1) is 12.1. The van der Waals surface area contributed by atoms with Gasteiger partial charge in [-0.15, -0.1) is 0 Å². The van der Waals surface area contributed by atoms with Gasteiger partial charge in [-0.2, -0.15) is 0 Å². The summed E-state index contributed by atoms with van der Waals surface area (Å²) < 4.78 is 4.98. The van der Waals surface area contributed by atoms with Gasteiger partial charge >= 0.3 is 6.09 Å². The molecule has 1 aliphatic heterocycles. The normalized spacial score (nSPS) is 14.5. The van der Waals surface area contributed by atoms with Gasteiger partial charge in [0.15, 0.2) is 0 Å². The van der Waals surface area contributed by atoms with Crippen molar-refractivity contribution < 1.29 is 14.3 Å². The minimum absolute atomic E-state index is 0.127. The third kappa shape index (κ3) is 6.55. The summed E-state index contributed by atoms with van der Waals surface area (Å²) in [5, 5.41) is 4.04. The van der Waals surface area contributed by atoms with E-state index in [-0.39, 0.29) is 12.0 Å². The van der Waals surface area contributed by atoms with Crippen LogP contribution in [-0.4, -0.2) is 67.7 Å². The molecule has 138 valence electrons. The zero-order chi connectivity index (χ0) is 18.1. The molecule has 0 aromatic heterocycles. The van der Waals surface area contributed by atoms with Crippen LogP contribution >= 0.6 is 11.6 Å². The number of amides is 2. The lowest BCUT2D eigenvalue weighted by Crippen LogP contribution is -2.51. The fraction of sp³-hybridized carbons (Fsp3) is 0.556. The number of nitrogens with zero attached hydrogens (tertiary/aromatic N) is 2. The van der Waals surface area contributed by atoms with Gasteiger partial charge in [0, 0.05) is 44.2 Å². The molecule has 0 unspecified atom stereocenters. The van der Waals surface area contributed by atoms with Crippen molar-refractivity contribution in [3.8, 4) is 0 Å². The van der Waals surface area contributed by atoms with Crippen LogP contribution in [0.25, 0.3) is 0 Å². The zero-order valence-electron chi connectivity index (χ0n) is 14.7. The molecule has 1 aliphatic rings. The molecule has 1 fully saturated rings. The Morgan fingerprint density at radius 1 is 1.08 bits per heavy atom. The fourth-order valence-electron chi connectivity index (χ4n) is 2.72. The Morgan fingerprint density at radius 3 is 2.36 bits per heavy atom. The maximum Gasteiger partial charge on any atom is 0.409 e. The molecule has 0 bridgehead atoms. The molecule has 0 radical (unpaired) electrons. The number of carbonyl (C=O) groups excluding carboxylic acids is 2. The lowest BCUT2D eigenvalue weighted by molar-refractivity contribution is -0.132. The van der Waals surface area contributed by atoms with E-state index in [1.54, 1.807) is 11.8 Å². The number of nitrogens with one attached hydrogen (secondary N) is 1. The Kier molecular flexibility index (Phi) is 8.01. The largest absolute Gasteiger partial charge is 0.450 e. The van der Waals surface area contributed by atoms with Crippen LogP contribution in [0.4, 0.5) is 4.79 Å². The Morgan fingerprint density at radius 2 is 1.72 bits per heavy atom. The topological polar surface area (TPSA) is 61.9 Å². The standard InChI is InChI=1S/C18H26ClN3O3/c1-2-25-18(24)22-13-11-21(12-14-22)17(23)8-10-20-9-7-15-3-5-16(19)6-4-15/h3-6,20H,2,7-14H2,1H3. The van der Waals surface area contributed by atoms with Gasteiger partial charge in [-0.3, -0.25) is 4.79 Å². The molecule has 2 rings (SSSR count). The van der Waals surface area contributed by atoms with E-state index in [1.165, 1.54) is 5.56 Å². The van der Waals surface area contributed by atoms with Crippen LogP contribution < -0.4 is 5.32 Å². The monoisotopic (exact) mass is 367 g/mol. The number of carbonyl (C=O) groups is 2. The van der Waals surface area contributed by atoms with E-state index < -0.39 is 0 Å². The number of rotatable bonds is 7. The third-order valence-electron chi connectivity index (χ3n) is 4.18. The molecular formula is C18H26ClN3O3. The molecule has 0 aliphatic carbocycles. The van der Waals surface area contributed by atoms with E-state index in [4.69, 9.17) is 16.3 Å². The smallest absolute Gasteiger partial charge is 0.409 e. The van der Waals surface area contributed by atoms with E-state index in [2.05, 4.69) is 5.32 Å². The average Bonchev–Trinajstić information content (AvgIpc) is 2.63. The molecule has 1 aromatic rings. The fourth-order valence-corrected chi connectivity index (χ4v) is 2.84. The molecule has 25 heavy (non-hydrogen) atoms. The number of piperazine rings is 1. The summed E-state index contributed by atoms with van der Waals surface area (Å²) >= 11 is 5.86. The first-order valence-electron chi connectivity index (χ1n) is 8.74. The van der Waals surface area contributed by atoms with Gasteiger partial charge in [0.1, 0.15) is 0 Å². The minimum atomic E-state index is -0.293. The minimum Gasteiger partial charge on any atom is -0.450 e. The van der Waals surface area contributed by atoms with Crippen LogP contribution in [0.3, 0.4) is 0 Å². The summed E-state index contributed by atoms with van der Waals surface area (Å²) in [4.78, 5) is 27.3. The van der Waals surface area contributed by atoms with Gasteiger partial charge in [-0.25, -0.2) is 4.79 Å². The Hall–Kier alpha value is -1.79. The third-order valence-corrected chi connectivity index (χ3v) is 4.43. The summed E-state index contributed by atoms with van der Waals surface area (Å²) in [5.74, 6) is 0.127. The van der Waals surface area contributed by atoms with E-state index >= 15 is 0 Å². The molecular weight excluding hydrogens is 342 g/mol. The average molecular weight is 368 g/mol. The van der Waals surface area contributed by atoms with Crippen molar-refractivity contribution in [2.45, 2.75) is 19.8 Å². The zero-order valence-corrected chi connectivity index (χ0v) is 15.4. The molecule has 0 saturated carbocycles. The molecule has 1 heterocycles. The SMILES string of the molecule is CCOC(=O)N1CCN(C(=O)CCNCCc2ccc(Cl)cc2)CC1. The lowest BCUT2D eigenvalue weighted by Gasteiger charge is -2.34. The van der Waals surface area contributed by atoms with Crippen molar-refractivity contribution in [3.05, 3.63) is 34.9 Å². The summed E-state index contributed by atoms with van der Waals surface area (Å²) in [6.07, 6.45) is 1.09. The van der Waals surface area contributed by atoms with Crippen LogP contribution in [0.1, 0.15) is 18.9 Å². The van der Waals surface area contributed by atoms with Crippen molar-refractivity contribution in [2.75, 3.05) is 45.9 Å². The molecule has 0 spiro atoms. The van der Waals surface area contributed by atoms with Crippen LogP contribution in [0.15, 0.2) is 24.3 Å². The number of hydrogen-bond donors (Lipinski definition) is 1. The van der Waals surface area contributed by atoms with Crippen molar-refractivity contribution >= 4 is 23.6 Å². The molecule has 6 nitrogen and oxygen atoms in total. The van der Waals surface area contributed by atoms with Gasteiger partial charge < -0.3 is 19.9 Å². The van der Waals surface area contributed by atoms with Crippen LogP contribution in [-0.2, 0) is 16.0 Å². The summed E-state index contributed by atoms with van der Waals surface area (Å²) in [6.45, 7) is 5.86. The Bertz CT molecular complexity index is 557.